The number of nitrogens with one attached hydrogen (secondary N) is 1. The third-order valence-corrected chi connectivity index (χ3v) is 3.87. The fourth-order valence-electron chi connectivity index (χ4n) is 2.30. The van der Waals surface area contributed by atoms with E-state index in [0.29, 0.717) is 13.0 Å². The first kappa shape index (κ1) is 16.5. The Morgan fingerprint density at radius 1 is 1.32 bits per heavy atom. The molecule has 0 saturated carbocycles. The molecule has 0 radical (unpaired) electrons. The molecule has 1 aromatic rings. The van der Waals surface area contributed by atoms with E-state index in [1.165, 1.54) is 0 Å². The highest BCUT2D eigenvalue weighted by Crippen LogP contribution is 2.20. The van der Waals surface area contributed by atoms with Crippen molar-refractivity contribution in [1.29, 1.82) is 0 Å². The monoisotopic (exact) mass is 306 g/mol. The number of benzene rings is 1. The molecule has 120 valence electrons. The van der Waals surface area contributed by atoms with Gasteiger partial charge in [0.05, 0.1) is 25.9 Å². The molecule has 1 aliphatic heterocycles. The molecule has 2 rings (SSSR count). The summed E-state index contributed by atoms with van der Waals surface area (Å²) in [4.78, 5) is 25.1. The molecule has 22 heavy (non-hydrogen) atoms. The molecule has 0 bridgehead atoms. The SMILES string of the molecule is CC[C@@]1(C)NC(=O)N(C[C@@H](O)COCc2ccccc2)C1=O. The predicted octanol–water partition coefficient (Wildman–Crippen LogP) is 1.28. The third-order valence-electron chi connectivity index (χ3n) is 3.87. The van der Waals surface area contributed by atoms with E-state index in [0.717, 1.165) is 10.5 Å². The van der Waals surface area contributed by atoms with Gasteiger partial charge in [0.15, 0.2) is 0 Å². The van der Waals surface area contributed by atoms with E-state index >= 15 is 0 Å². The molecule has 0 aliphatic carbocycles. The van der Waals surface area contributed by atoms with Crippen LogP contribution in [0.4, 0.5) is 4.79 Å². The van der Waals surface area contributed by atoms with Crippen LogP contribution in [0.25, 0.3) is 0 Å². The zero-order valence-electron chi connectivity index (χ0n) is 12.9. The lowest BCUT2D eigenvalue weighted by Gasteiger charge is -2.21. The largest absolute Gasteiger partial charge is 0.389 e. The number of aliphatic hydroxyl groups excluding tert-OH is 1. The molecule has 1 saturated heterocycles. The molecule has 2 atom stereocenters. The molecule has 0 spiro atoms. The summed E-state index contributed by atoms with van der Waals surface area (Å²) in [7, 11) is 0. The third kappa shape index (κ3) is 3.64. The molecule has 3 amide bonds. The number of nitrogens with zero attached hydrogens (tertiary/aromatic N) is 1. The molecule has 6 heteroatoms. The van der Waals surface area contributed by atoms with Gasteiger partial charge in [-0.3, -0.25) is 9.69 Å². The molecule has 6 nitrogen and oxygen atoms in total. The quantitative estimate of drug-likeness (QED) is 0.744. The normalized spacial score (nSPS) is 22.8. The van der Waals surface area contributed by atoms with Gasteiger partial charge in [0, 0.05) is 0 Å². The first-order valence-electron chi connectivity index (χ1n) is 7.40. The van der Waals surface area contributed by atoms with Crippen molar-refractivity contribution < 1.29 is 19.4 Å². The minimum atomic E-state index is -0.905. The van der Waals surface area contributed by atoms with Crippen LogP contribution in [0.1, 0.15) is 25.8 Å². The lowest BCUT2D eigenvalue weighted by Crippen LogP contribution is -2.44. The number of hydrogen-bond acceptors (Lipinski definition) is 4. The van der Waals surface area contributed by atoms with Crippen molar-refractivity contribution in [2.45, 2.75) is 38.5 Å². The summed E-state index contributed by atoms with van der Waals surface area (Å²) in [5.41, 5.74) is 0.130. The smallest absolute Gasteiger partial charge is 0.325 e. The van der Waals surface area contributed by atoms with Gasteiger partial charge in [-0.2, -0.15) is 0 Å². The Bertz CT molecular complexity index is 534. The zero-order chi connectivity index (χ0) is 16.2. The van der Waals surface area contributed by atoms with Crippen molar-refractivity contribution in [3.05, 3.63) is 35.9 Å². The van der Waals surface area contributed by atoms with E-state index in [2.05, 4.69) is 5.32 Å². The summed E-state index contributed by atoms with van der Waals surface area (Å²) < 4.78 is 5.42. The van der Waals surface area contributed by atoms with Gasteiger partial charge in [-0.15, -0.1) is 0 Å². The molecule has 0 unspecified atom stereocenters. The van der Waals surface area contributed by atoms with Crippen molar-refractivity contribution in [1.82, 2.24) is 10.2 Å². The maximum Gasteiger partial charge on any atom is 0.325 e. The summed E-state index contributed by atoms with van der Waals surface area (Å²) in [5, 5.41) is 12.6. The number of hydrogen-bond donors (Lipinski definition) is 2. The van der Waals surface area contributed by atoms with E-state index in [-0.39, 0.29) is 19.1 Å². The average Bonchev–Trinajstić information content (AvgIpc) is 2.72. The van der Waals surface area contributed by atoms with Crippen molar-refractivity contribution in [2.24, 2.45) is 0 Å². The molecule has 1 heterocycles. The van der Waals surface area contributed by atoms with Gasteiger partial charge in [-0.1, -0.05) is 37.3 Å². The molecular weight excluding hydrogens is 284 g/mol. The van der Waals surface area contributed by atoms with Gasteiger partial charge in [0.1, 0.15) is 5.54 Å². The molecule has 2 N–H and O–H groups in total. The Morgan fingerprint density at radius 3 is 2.59 bits per heavy atom. The molecule has 1 aliphatic rings. The Labute approximate surface area is 130 Å². The van der Waals surface area contributed by atoms with Crippen LogP contribution in [-0.4, -0.2) is 46.7 Å². The molecule has 0 aromatic heterocycles. The Kier molecular flexibility index (Phi) is 5.15. The molecule has 1 fully saturated rings. The van der Waals surface area contributed by atoms with Crippen LogP contribution in [0.15, 0.2) is 30.3 Å². The Morgan fingerprint density at radius 2 is 2.00 bits per heavy atom. The second kappa shape index (κ2) is 6.89. The molecular formula is C16H22N2O4. The predicted molar refractivity (Wildman–Crippen MR) is 81.0 cm³/mol. The summed E-state index contributed by atoms with van der Waals surface area (Å²) in [5.74, 6) is -0.304. The van der Waals surface area contributed by atoms with Gasteiger partial charge in [-0.05, 0) is 18.9 Å². The summed E-state index contributed by atoms with van der Waals surface area (Å²) in [6.07, 6.45) is -0.396. The average molecular weight is 306 g/mol. The van der Waals surface area contributed by atoms with Gasteiger partial charge in [0.2, 0.25) is 0 Å². The number of rotatable bonds is 7. The summed E-state index contributed by atoms with van der Waals surface area (Å²) in [6, 6.07) is 9.13. The second-order valence-electron chi connectivity index (χ2n) is 5.69. The van der Waals surface area contributed by atoms with Crippen LogP contribution in [0.5, 0.6) is 0 Å². The van der Waals surface area contributed by atoms with Crippen LogP contribution in [-0.2, 0) is 16.1 Å². The van der Waals surface area contributed by atoms with E-state index in [1.54, 1.807) is 6.92 Å². The van der Waals surface area contributed by atoms with Crippen molar-refractivity contribution >= 4 is 11.9 Å². The Balaban J connectivity index is 1.81. The lowest BCUT2D eigenvalue weighted by molar-refractivity contribution is -0.132. The summed E-state index contributed by atoms with van der Waals surface area (Å²) >= 11 is 0. The highest BCUT2D eigenvalue weighted by atomic mass is 16.5. The minimum absolute atomic E-state index is 0.0605. The van der Waals surface area contributed by atoms with Crippen LogP contribution in [0, 0.1) is 0 Å². The maximum absolute atomic E-state index is 12.2. The van der Waals surface area contributed by atoms with E-state index in [9.17, 15) is 14.7 Å². The first-order valence-corrected chi connectivity index (χ1v) is 7.40. The number of imide groups is 1. The number of carbonyl (C=O) groups is 2. The van der Waals surface area contributed by atoms with Crippen LogP contribution < -0.4 is 5.32 Å². The fraction of sp³-hybridized carbons (Fsp3) is 0.500. The van der Waals surface area contributed by atoms with Gasteiger partial charge in [-0.25, -0.2) is 4.79 Å². The van der Waals surface area contributed by atoms with Crippen molar-refractivity contribution in [2.75, 3.05) is 13.2 Å². The zero-order valence-corrected chi connectivity index (χ0v) is 12.9. The number of aliphatic hydroxyl groups is 1. The highest BCUT2D eigenvalue weighted by molar-refractivity contribution is 6.06. The number of carbonyl (C=O) groups excluding carboxylic acids is 2. The summed E-state index contributed by atoms with van der Waals surface area (Å²) in [6.45, 7) is 3.90. The fourth-order valence-corrected chi connectivity index (χ4v) is 2.30. The van der Waals surface area contributed by atoms with E-state index < -0.39 is 17.7 Å². The molecule has 1 aromatic carbocycles. The minimum Gasteiger partial charge on any atom is -0.389 e. The number of amides is 3. The second-order valence-corrected chi connectivity index (χ2v) is 5.69. The number of urea groups is 1. The highest BCUT2D eigenvalue weighted by Gasteiger charge is 2.46. The first-order chi connectivity index (χ1) is 10.5. The Hall–Kier alpha value is -1.92. The van der Waals surface area contributed by atoms with Gasteiger partial charge < -0.3 is 15.2 Å². The lowest BCUT2D eigenvalue weighted by atomic mass is 9.99. The van der Waals surface area contributed by atoms with Crippen molar-refractivity contribution in [3.63, 3.8) is 0 Å². The van der Waals surface area contributed by atoms with Gasteiger partial charge >= 0.3 is 6.03 Å². The van der Waals surface area contributed by atoms with Gasteiger partial charge in [0.25, 0.3) is 5.91 Å². The standard InChI is InChI=1S/C16H22N2O4/c1-3-16(2)14(20)18(15(21)17-16)9-13(19)11-22-10-12-7-5-4-6-8-12/h4-8,13,19H,3,9-11H2,1-2H3,(H,17,21)/t13-,16-/m1/s1. The number of β-amino-alcohol motifs (C(OH)–C–C–N with tert-alkyl or cyclic N) is 1. The topological polar surface area (TPSA) is 78.9 Å². The van der Waals surface area contributed by atoms with Crippen LogP contribution in [0.3, 0.4) is 0 Å². The number of ether oxygens (including phenoxy) is 1. The van der Waals surface area contributed by atoms with Crippen LogP contribution >= 0.6 is 0 Å². The van der Waals surface area contributed by atoms with E-state index in [1.807, 2.05) is 37.3 Å². The maximum atomic E-state index is 12.2. The van der Waals surface area contributed by atoms with Crippen molar-refractivity contribution in [3.8, 4) is 0 Å². The van der Waals surface area contributed by atoms with E-state index in [4.69, 9.17) is 4.74 Å². The van der Waals surface area contributed by atoms with Crippen LogP contribution in [0.2, 0.25) is 0 Å².